The molecule has 0 fully saturated rings. The first-order valence-corrected chi connectivity index (χ1v) is 7.61. The smallest absolute Gasteiger partial charge is 0.131 e. The Morgan fingerprint density at radius 3 is 2.31 bits per heavy atom. The van der Waals surface area contributed by atoms with Crippen molar-refractivity contribution in [3.8, 4) is 0 Å². The zero-order valence-electron chi connectivity index (χ0n) is 10.3. The normalized spacial score (nSPS) is 17.0. The van der Waals surface area contributed by atoms with Gasteiger partial charge in [0.2, 0.25) is 0 Å². The molecule has 0 N–H and O–H groups in total. The summed E-state index contributed by atoms with van der Waals surface area (Å²) in [6.45, 7) is 6.68. The molecule has 0 bridgehead atoms. The van der Waals surface area contributed by atoms with E-state index in [2.05, 4.69) is 0 Å². The van der Waals surface area contributed by atoms with Gasteiger partial charge in [0.1, 0.15) is 13.7 Å². The van der Waals surface area contributed by atoms with Crippen molar-refractivity contribution in [2.24, 2.45) is 0 Å². The van der Waals surface area contributed by atoms with Crippen molar-refractivity contribution in [2.45, 2.75) is 32.8 Å². The van der Waals surface area contributed by atoms with Gasteiger partial charge in [-0.1, -0.05) is 13.8 Å². The molecule has 5 nitrogen and oxygen atoms in total. The van der Waals surface area contributed by atoms with Crippen molar-refractivity contribution < 1.29 is 23.5 Å². The maximum absolute atomic E-state index is 10.8. The van der Waals surface area contributed by atoms with Crippen LogP contribution in [0.25, 0.3) is 0 Å². The molecule has 0 saturated carbocycles. The third-order valence-electron chi connectivity index (χ3n) is 1.70. The lowest BCUT2D eigenvalue weighted by Crippen LogP contribution is -2.26. The first-order valence-electron chi connectivity index (χ1n) is 5.62. The van der Waals surface area contributed by atoms with Gasteiger partial charge in [0.25, 0.3) is 0 Å². The molecular formula is C10H22O5P-. The summed E-state index contributed by atoms with van der Waals surface area (Å²) in [5, 5.41) is 0. The van der Waals surface area contributed by atoms with Crippen LogP contribution in [-0.4, -0.2) is 39.2 Å². The van der Waals surface area contributed by atoms with Gasteiger partial charge in [-0.15, -0.1) is 0 Å². The molecule has 0 aliphatic heterocycles. The number of hydrogen-bond acceptors (Lipinski definition) is 5. The van der Waals surface area contributed by atoms with Crippen LogP contribution < -0.4 is 4.89 Å². The molecule has 2 atom stereocenters. The average Bonchev–Trinajstić information content (AvgIpc) is 2.20. The Morgan fingerprint density at radius 1 is 1.19 bits per heavy atom. The minimum absolute atomic E-state index is 0.0288. The van der Waals surface area contributed by atoms with Gasteiger partial charge < -0.3 is 23.5 Å². The number of ether oxygens (including phenoxy) is 2. The average molecular weight is 253 g/mol. The quantitative estimate of drug-likeness (QED) is 0.435. The lowest BCUT2D eigenvalue weighted by molar-refractivity contribution is -0.199. The Labute approximate surface area is 97.6 Å². The zero-order valence-corrected chi connectivity index (χ0v) is 11.2. The van der Waals surface area contributed by atoms with E-state index < -0.39 is 7.60 Å². The van der Waals surface area contributed by atoms with Crippen LogP contribution >= 0.6 is 7.60 Å². The SMILES string of the molecule is CCCOCC(COP(C)(=O)[O-])OCCC. The van der Waals surface area contributed by atoms with Crippen LogP contribution in [0.4, 0.5) is 0 Å². The lowest BCUT2D eigenvalue weighted by atomic mass is 10.4. The van der Waals surface area contributed by atoms with Crippen LogP contribution in [0.2, 0.25) is 0 Å². The summed E-state index contributed by atoms with van der Waals surface area (Å²) in [4.78, 5) is 10.8. The van der Waals surface area contributed by atoms with Gasteiger partial charge in [-0.2, -0.15) is 0 Å². The largest absolute Gasteiger partial charge is 0.779 e. The highest BCUT2D eigenvalue weighted by Gasteiger charge is 2.11. The first-order chi connectivity index (χ1) is 7.49. The zero-order chi connectivity index (χ0) is 12.4. The summed E-state index contributed by atoms with van der Waals surface area (Å²) in [7, 11) is -3.68. The lowest BCUT2D eigenvalue weighted by Gasteiger charge is -2.23. The molecule has 0 heterocycles. The van der Waals surface area contributed by atoms with Gasteiger partial charge in [-0.05, 0) is 12.8 Å². The minimum Gasteiger partial charge on any atom is -0.779 e. The van der Waals surface area contributed by atoms with Gasteiger partial charge in [0.15, 0.2) is 0 Å². The highest BCUT2D eigenvalue weighted by atomic mass is 31.2. The summed E-state index contributed by atoms with van der Waals surface area (Å²) >= 11 is 0. The third-order valence-corrected chi connectivity index (χ3v) is 2.32. The molecule has 0 rings (SSSR count). The van der Waals surface area contributed by atoms with Gasteiger partial charge in [-0.3, -0.25) is 0 Å². The van der Waals surface area contributed by atoms with Crippen molar-refractivity contribution in [1.82, 2.24) is 0 Å². The third kappa shape index (κ3) is 10.6. The summed E-state index contributed by atoms with van der Waals surface area (Å²) in [6.07, 6.45) is 1.49. The highest BCUT2D eigenvalue weighted by Crippen LogP contribution is 2.31. The molecule has 2 unspecified atom stereocenters. The van der Waals surface area contributed by atoms with E-state index in [1.165, 1.54) is 0 Å². The number of rotatable bonds is 10. The van der Waals surface area contributed by atoms with Crippen molar-refractivity contribution >= 4 is 7.60 Å². The van der Waals surface area contributed by atoms with Crippen LogP contribution in [-0.2, 0) is 18.6 Å². The van der Waals surface area contributed by atoms with Crippen LogP contribution in [0.15, 0.2) is 0 Å². The standard InChI is InChI=1S/C10H23O5P/c1-4-6-13-8-10(14-7-5-2)9-15-16(3,11)12/h10H,4-9H2,1-3H3,(H,11,12)/p-1. The van der Waals surface area contributed by atoms with Crippen molar-refractivity contribution in [2.75, 3.05) is 33.1 Å². The summed E-state index contributed by atoms with van der Waals surface area (Å²) in [5.74, 6) is 0. The molecule has 16 heavy (non-hydrogen) atoms. The highest BCUT2D eigenvalue weighted by molar-refractivity contribution is 7.50. The molecule has 0 aromatic heterocycles. The van der Waals surface area contributed by atoms with Crippen molar-refractivity contribution in [1.29, 1.82) is 0 Å². The minimum atomic E-state index is -3.68. The summed E-state index contributed by atoms with van der Waals surface area (Å²) < 4.78 is 26.3. The predicted molar refractivity (Wildman–Crippen MR) is 60.6 cm³/mol. The fraction of sp³-hybridized carbons (Fsp3) is 1.00. The van der Waals surface area contributed by atoms with Crippen LogP contribution in [0, 0.1) is 0 Å². The summed E-state index contributed by atoms with van der Waals surface area (Å²) in [6, 6.07) is 0. The van der Waals surface area contributed by atoms with E-state index in [-0.39, 0.29) is 12.7 Å². The second kappa shape index (κ2) is 9.14. The van der Waals surface area contributed by atoms with Crippen LogP contribution in [0.1, 0.15) is 26.7 Å². The molecule has 0 radical (unpaired) electrons. The molecular weight excluding hydrogens is 231 g/mol. The van der Waals surface area contributed by atoms with Gasteiger partial charge >= 0.3 is 0 Å². The van der Waals surface area contributed by atoms with E-state index in [1.807, 2.05) is 13.8 Å². The maximum atomic E-state index is 10.8. The first kappa shape index (κ1) is 16.1. The van der Waals surface area contributed by atoms with E-state index in [9.17, 15) is 9.46 Å². The molecule has 6 heteroatoms. The van der Waals surface area contributed by atoms with Crippen molar-refractivity contribution in [3.05, 3.63) is 0 Å². The Hall–Kier alpha value is 0.0700. The monoisotopic (exact) mass is 253 g/mol. The maximum Gasteiger partial charge on any atom is 0.131 e. The topological polar surface area (TPSA) is 67.8 Å². The second-order valence-electron chi connectivity index (χ2n) is 3.63. The van der Waals surface area contributed by atoms with Gasteiger partial charge in [0, 0.05) is 19.9 Å². The molecule has 0 aliphatic carbocycles. The Morgan fingerprint density at radius 2 is 1.81 bits per heavy atom. The van der Waals surface area contributed by atoms with E-state index in [0.29, 0.717) is 19.8 Å². The van der Waals surface area contributed by atoms with Crippen LogP contribution in [0.5, 0.6) is 0 Å². The molecule has 98 valence electrons. The predicted octanol–water partition coefficient (Wildman–Crippen LogP) is 1.41. The van der Waals surface area contributed by atoms with E-state index >= 15 is 0 Å². The van der Waals surface area contributed by atoms with Gasteiger partial charge in [0.05, 0.1) is 13.2 Å². The van der Waals surface area contributed by atoms with E-state index in [4.69, 9.17) is 14.0 Å². The molecule has 0 aromatic rings. The Kier molecular flexibility index (Phi) is 9.18. The van der Waals surface area contributed by atoms with Crippen LogP contribution in [0.3, 0.4) is 0 Å². The molecule has 0 aliphatic rings. The second-order valence-corrected chi connectivity index (χ2v) is 5.44. The number of hydrogen-bond donors (Lipinski definition) is 0. The molecule has 0 spiro atoms. The van der Waals surface area contributed by atoms with Gasteiger partial charge in [-0.25, -0.2) is 0 Å². The fourth-order valence-electron chi connectivity index (χ4n) is 1.01. The van der Waals surface area contributed by atoms with E-state index in [0.717, 1.165) is 19.5 Å². The Balaban J connectivity index is 3.85. The van der Waals surface area contributed by atoms with Crippen molar-refractivity contribution in [3.63, 3.8) is 0 Å². The fourth-order valence-corrected chi connectivity index (χ4v) is 1.44. The summed E-state index contributed by atoms with van der Waals surface area (Å²) in [5.41, 5.74) is 0. The molecule has 0 amide bonds. The Bertz CT molecular complexity index is 203. The molecule has 0 saturated heterocycles. The molecule has 0 aromatic carbocycles. The van der Waals surface area contributed by atoms with E-state index in [1.54, 1.807) is 0 Å².